The summed E-state index contributed by atoms with van der Waals surface area (Å²) < 4.78 is 14.8. The van der Waals surface area contributed by atoms with Gasteiger partial charge in [-0.3, -0.25) is 4.79 Å². The predicted molar refractivity (Wildman–Crippen MR) is 80.6 cm³/mol. The van der Waals surface area contributed by atoms with E-state index in [-0.39, 0.29) is 5.91 Å². The molecule has 3 rings (SSSR count). The third kappa shape index (κ3) is 2.63. The fourth-order valence-corrected chi connectivity index (χ4v) is 3.09. The van der Waals surface area contributed by atoms with E-state index < -0.39 is 6.67 Å². The molecule has 22 heavy (non-hydrogen) atoms. The zero-order valence-corrected chi connectivity index (χ0v) is 12.6. The van der Waals surface area contributed by atoms with E-state index in [4.69, 9.17) is 5.73 Å². The highest BCUT2D eigenvalue weighted by Gasteiger charge is 2.30. The molecule has 2 aromatic rings. The maximum atomic E-state index is 13.3. The quantitative estimate of drug-likeness (QED) is 0.915. The van der Waals surface area contributed by atoms with E-state index in [9.17, 15) is 9.18 Å². The number of hydrogen-bond donors (Lipinski definition) is 1. The molecule has 0 aromatic carbocycles. The van der Waals surface area contributed by atoms with Gasteiger partial charge in [0.05, 0.1) is 17.9 Å². The normalized spacial score (nSPS) is 18.5. The van der Waals surface area contributed by atoms with Gasteiger partial charge in [-0.05, 0) is 24.5 Å². The first-order valence-corrected chi connectivity index (χ1v) is 7.59. The number of nitrogen functional groups attached to an aromatic ring is 1. The Kier molecular flexibility index (Phi) is 3.96. The summed E-state index contributed by atoms with van der Waals surface area (Å²) in [6, 6.07) is 3.34. The number of hydrogen-bond acceptors (Lipinski definition) is 4. The number of carbonyl (C=O) groups is 1. The number of alkyl halides is 1. The van der Waals surface area contributed by atoms with Crippen LogP contribution in [0.5, 0.6) is 0 Å². The molecule has 1 saturated heterocycles. The maximum absolute atomic E-state index is 13.3. The van der Waals surface area contributed by atoms with Crippen molar-refractivity contribution in [2.75, 3.05) is 12.3 Å². The fourth-order valence-electron chi connectivity index (χ4n) is 3.09. The summed E-state index contributed by atoms with van der Waals surface area (Å²) in [5.74, 6) is 0.846. The first-order valence-electron chi connectivity index (χ1n) is 7.59. The van der Waals surface area contributed by atoms with E-state index in [0.29, 0.717) is 48.3 Å². The molecule has 2 N–H and O–H groups in total. The van der Waals surface area contributed by atoms with Crippen LogP contribution in [0.25, 0.3) is 5.65 Å². The van der Waals surface area contributed by atoms with Crippen LogP contribution < -0.4 is 5.73 Å². The Hall–Kier alpha value is -2.18. The summed E-state index contributed by atoms with van der Waals surface area (Å²) in [4.78, 5) is 18.1. The molecule has 118 valence electrons. The highest BCUT2D eigenvalue weighted by atomic mass is 19.1. The number of carbonyl (C=O) groups excluding carboxylic acids is 1. The third-order valence-corrected chi connectivity index (χ3v) is 4.13. The highest BCUT2D eigenvalue weighted by molar-refractivity contribution is 5.78. The van der Waals surface area contributed by atoms with Gasteiger partial charge >= 0.3 is 0 Å². The van der Waals surface area contributed by atoms with Crippen LogP contribution in [-0.4, -0.2) is 31.9 Å². The van der Waals surface area contributed by atoms with Crippen molar-refractivity contribution in [1.29, 1.82) is 0 Å². The highest BCUT2D eigenvalue weighted by Crippen LogP contribution is 2.25. The van der Waals surface area contributed by atoms with E-state index in [1.807, 2.05) is 0 Å². The van der Waals surface area contributed by atoms with Crippen molar-refractivity contribution in [1.82, 2.24) is 19.5 Å². The minimum atomic E-state index is -0.682. The number of nitrogens with two attached hydrogens (primary N) is 1. The van der Waals surface area contributed by atoms with E-state index in [2.05, 4.69) is 17.0 Å². The van der Waals surface area contributed by atoms with Crippen molar-refractivity contribution < 1.29 is 9.18 Å². The molecule has 1 aliphatic rings. The minimum Gasteiger partial charge on any atom is -0.382 e. The summed E-state index contributed by atoms with van der Waals surface area (Å²) >= 11 is 0. The van der Waals surface area contributed by atoms with Gasteiger partial charge in [0.25, 0.3) is 0 Å². The first-order chi connectivity index (χ1) is 10.6. The largest absolute Gasteiger partial charge is 0.382 e. The molecule has 3 heterocycles. The van der Waals surface area contributed by atoms with Crippen molar-refractivity contribution in [2.45, 2.75) is 39.4 Å². The van der Waals surface area contributed by atoms with Crippen molar-refractivity contribution in [2.24, 2.45) is 5.92 Å². The molecule has 1 aliphatic heterocycles. The third-order valence-electron chi connectivity index (χ3n) is 4.13. The van der Waals surface area contributed by atoms with Crippen LogP contribution in [0.4, 0.5) is 10.2 Å². The Morgan fingerprint density at radius 3 is 3.00 bits per heavy atom. The van der Waals surface area contributed by atoms with Gasteiger partial charge in [-0.1, -0.05) is 13.3 Å². The standard InChI is InChI=1S/C15H20FN5O/c1-2-3-10-6-15(22)20(8-10)9-12-11(7-16)18-14-5-4-13(17)19-21(12)14/h4-5,10H,2-3,6-9H2,1H3,(H2,17,19). The van der Waals surface area contributed by atoms with Gasteiger partial charge in [-0.15, -0.1) is 5.10 Å². The zero-order chi connectivity index (χ0) is 15.7. The monoisotopic (exact) mass is 305 g/mol. The number of anilines is 1. The molecule has 1 atom stereocenters. The number of fused-ring (bicyclic) bond motifs is 1. The van der Waals surface area contributed by atoms with Crippen LogP contribution in [0, 0.1) is 5.92 Å². The van der Waals surface area contributed by atoms with Gasteiger partial charge < -0.3 is 10.6 Å². The average molecular weight is 305 g/mol. The van der Waals surface area contributed by atoms with Gasteiger partial charge in [0.1, 0.15) is 12.5 Å². The molecule has 0 spiro atoms. The Labute approximate surface area is 128 Å². The second-order valence-corrected chi connectivity index (χ2v) is 5.80. The molecular weight excluding hydrogens is 285 g/mol. The van der Waals surface area contributed by atoms with Crippen LogP contribution in [0.15, 0.2) is 12.1 Å². The summed E-state index contributed by atoms with van der Waals surface area (Å²) in [6.07, 6.45) is 2.68. The predicted octanol–water partition coefficient (Wildman–Crippen LogP) is 1.93. The van der Waals surface area contributed by atoms with Crippen LogP contribution in [-0.2, 0) is 18.0 Å². The molecule has 0 saturated carbocycles. The lowest BCUT2D eigenvalue weighted by atomic mass is 10.0. The number of imidazole rings is 1. The summed E-state index contributed by atoms with van der Waals surface area (Å²) in [7, 11) is 0. The molecule has 1 unspecified atom stereocenters. The summed E-state index contributed by atoms with van der Waals surface area (Å²) in [5, 5.41) is 4.19. The molecule has 0 bridgehead atoms. The van der Waals surface area contributed by atoms with Gasteiger partial charge in [0.2, 0.25) is 5.91 Å². The van der Waals surface area contributed by atoms with Gasteiger partial charge in [0, 0.05) is 13.0 Å². The van der Waals surface area contributed by atoms with Crippen molar-refractivity contribution >= 4 is 17.4 Å². The SMILES string of the molecule is CCCC1CC(=O)N(Cc2c(CF)nc3ccc(N)nn23)C1. The van der Waals surface area contributed by atoms with E-state index in [0.717, 1.165) is 12.8 Å². The molecule has 6 nitrogen and oxygen atoms in total. The van der Waals surface area contributed by atoms with Crippen LogP contribution in [0.2, 0.25) is 0 Å². The molecule has 7 heteroatoms. The number of nitrogens with zero attached hydrogens (tertiary/aromatic N) is 4. The number of halogens is 1. The molecule has 2 aromatic heterocycles. The Morgan fingerprint density at radius 1 is 1.45 bits per heavy atom. The molecule has 0 radical (unpaired) electrons. The molecule has 0 aliphatic carbocycles. The smallest absolute Gasteiger partial charge is 0.223 e. The molecular formula is C15H20FN5O. The van der Waals surface area contributed by atoms with Crippen molar-refractivity contribution in [3.05, 3.63) is 23.5 Å². The van der Waals surface area contributed by atoms with Gasteiger partial charge in [-0.25, -0.2) is 13.9 Å². The van der Waals surface area contributed by atoms with E-state index in [1.54, 1.807) is 21.5 Å². The number of rotatable bonds is 5. The fraction of sp³-hybridized carbons (Fsp3) is 0.533. The topological polar surface area (TPSA) is 76.5 Å². The van der Waals surface area contributed by atoms with E-state index >= 15 is 0 Å². The van der Waals surface area contributed by atoms with Crippen LogP contribution >= 0.6 is 0 Å². The summed E-state index contributed by atoms with van der Waals surface area (Å²) in [5.41, 5.74) is 7.19. The number of likely N-dealkylation sites (tertiary alicyclic amines) is 1. The second kappa shape index (κ2) is 5.90. The van der Waals surface area contributed by atoms with Crippen molar-refractivity contribution in [3.63, 3.8) is 0 Å². The van der Waals surface area contributed by atoms with Crippen LogP contribution in [0.1, 0.15) is 37.6 Å². The van der Waals surface area contributed by atoms with E-state index in [1.165, 1.54) is 0 Å². The molecule has 1 amide bonds. The van der Waals surface area contributed by atoms with Gasteiger partial charge in [-0.2, -0.15) is 0 Å². The second-order valence-electron chi connectivity index (χ2n) is 5.80. The Bertz CT molecular complexity index is 699. The lowest BCUT2D eigenvalue weighted by molar-refractivity contribution is -0.128. The average Bonchev–Trinajstić information content (AvgIpc) is 3.01. The Balaban J connectivity index is 1.90. The first kappa shape index (κ1) is 14.7. The number of aromatic nitrogens is 3. The van der Waals surface area contributed by atoms with Crippen LogP contribution in [0.3, 0.4) is 0 Å². The maximum Gasteiger partial charge on any atom is 0.223 e. The lowest BCUT2D eigenvalue weighted by Gasteiger charge is -2.16. The zero-order valence-electron chi connectivity index (χ0n) is 12.6. The minimum absolute atomic E-state index is 0.113. The molecule has 1 fully saturated rings. The lowest BCUT2D eigenvalue weighted by Crippen LogP contribution is -2.26. The van der Waals surface area contributed by atoms with Gasteiger partial charge in [0.15, 0.2) is 5.65 Å². The number of amides is 1. The Morgan fingerprint density at radius 2 is 2.27 bits per heavy atom. The van der Waals surface area contributed by atoms with Crippen molar-refractivity contribution in [3.8, 4) is 0 Å². The summed E-state index contributed by atoms with van der Waals surface area (Å²) in [6.45, 7) is 2.48.